The normalized spacial score (nSPS) is 10.4. The minimum absolute atomic E-state index is 0.0128. The summed E-state index contributed by atoms with van der Waals surface area (Å²) in [5.41, 5.74) is 1.09. The van der Waals surface area contributed by atoms with E-state index >= 15 is 0 Å². The molecule has 0 radical (unpaired) electrons. The molecule has 0 aliphatic rings. The van der Waals surface area contributed by atoms with Gasteiger partial charge in [0.05, 0.1) is 18.4 Å². The molecule has 2 rings (SSSR count). The predicted molar refractivity (Wildman–Crippen MR) is 64.3 cm³/mol. The lowest BCUT2D eigenvalue weighted by atomic mass is 10.1. The summed E-state index contributed by atoms with van der Waals surface area (Å²) in [5.74, 6) is -0.610. The van der Waals surface area contributed by atoms with E-state index in [9.17, 15) is 9.18 Å². The first-order valence-electron chi connectivity index (χ1n) is 5.42. The quantitative estimate of drug-likeness (QED) is 0.781. The van der Waals surface area contributed by atoms with Crippen molar-refractivity contribution in [1.82, 2.24) is 9.78 Å². The Morgan fingerprint density at radius 3 is 2.61 bits per heavy atom. The lowest BCUT2D eigenvalue weighted by molar-refractivity contribution is 0.102. The molecular formula is C13H13FN2O2. The molecule has 0 bridgehead atoms. The number of aromatic nitrogens is 2. The number of hydrogen-bond donors (Lipinski definition) is 0. The zero-order valence-electron chi connectivity index (χ0n) is 10.4. The van der Waals surface area contributed by atoms with Crippen molar-refractivity contribution in [2.75, 3.05) is 7.11 Å². The molecule has 0 saturated heterocycles. The molecule has 0 N–H and O–H groups in total. The lowest BCUT2D eigenvalue weighted by Crippen LogP contribution is -2.10. The van der Waals surface area contributed by atoms with Crippen LogP contribution in [0.15, 0.2) is 24.3 Å². The summed E-state index contributed by atoms with van der Waals surface area (Å²) in [4.78, 5) is 12.2. The molecule has 18 heavy (non-hydrogen) atoms. The van der Waals surface area contributed by atoms with Gasteiger partial charge in [-0.15, -0.1) is 0 Å². The maximum absolute atomic E-state index is 13.8. The van der Waals surface area contributed by atoms with Crippen LogP contribution in [0.2, 0.25) is 0 Å². The third-order valence-corrected chi connectivity index (χ3v) is 2.66. The highest BCUT2D eigenvalue weighted by molar-refractivity contribution is 6.08. The van der Waals surface area contributed by atoms with E-state index in [2.05, 4.69) is 5.10 Å². The fraction of sp³-hybridized carbons (Fsp3) is 0.231. The monoisotopic (exact) mass is 248 g/mol. The fourth-order valence-corrected chi connectivity index (χ4v) is 1.77. The molecule has 0 aliphatic heterocycles. The summed E-state index contributed by atoms with van der Waals surface area (Å²) in [6, 6.07) is 5.79. The molecule has 0 atom stereocenters. The van der Waals surface area contributed by atoms with Gasteiger partial charge in [-0.1, -0.05) is 0 Å². The second kappa shape index (κ2) is 4.60. The highest BCUT2D eigenvalue weighted by Gasteiger charge is 2.18. The predicted octanol–water partition coefficient (Wildman–Crippen LogP) is 2.11. The maximum atomic E-state index is 13.8. The summed E-state index contributed by atoms with van der Waals surface area (Å²) < 4.78 is 20.1. The number of rotatable bonds is 3. The highest BCUT2D eigenvalue weighted by atomic mass is 19.1. The van der Waals surface area contributed by atoms with Crippen molar-refractivity contribution in [3.63, 3.8) is 0 Å². The standard InChI is InChI=1S/C13H13FN2O2/c1-8-6-12(16(2)15-8)13(17)10-5-4-9(18-3)7-11(10)14/h4-7H,1-3H3. The molecular weight excluding hydrogens is 235 g/mol. The number of nitrogens with zero attached hydrogens (tertiary/aromatic N) is 2. The first kappa shape index (κ1) is 12.3. The van der Waals surface area contributed by atoms with Crippen LogP contribution in [-0.2, 0) is 7.05 Å². The number of hydrogen-bond acceptors (Lipinski definition) is 3. The number of halogens is 1. The molecule has 0 spiro atoms. The van der Waals surface area contributed by atoms with Crippen molar-refractivity contribution in [3.05, 3.63) is 47.0 Å². The third kappa shape index (κ3) is 2.11. The van der Waals surface area contributed by atoms with Crippen LogP contribution in [-0.4, -0.2) is 22.7 Å². The number of carbonyl (C=O) groups is 1. The highest BCUT2D eigenvalue weighted by Crippen LogP contribution is 2.19. The van der Waals surface area contributed by atoms with E-state index in [1.54, 1.807) is 26.1 Å². The molecule has 0 aliphatic carbocycles. The van der Waals surface area contributed by atoms with Gasteiger partial charge in [0, 0.05) is 13.1 Å². The average molecular weight is 248 g/mol. The first-order valence-corrected chi connectivity index (χ1v) is 5.42. The van der Waals surface area contributed by atoms with E-state index in [-0.39, 0.29) is 5.56 Å². The van der Waals surface area contributed by atoms with Gasteiger partial charge in [0.25, 0.3) is 0 Å². The molecule has 0 saturated carbocycles. The van der Waals surface area contributed by atoms with Crippen molar-refractivity contribution < 1.29 is 13.9 Å². The zero-order valence-corrected chi connectivity index (χ0v) is 10.4. The van der Waals surface area contributed by atoms with Crippen molar-refractivity contribution >= 4 is 5.78 Å². The van der Waals surface area contributed by atoms with Gasteiger partial charge < -0.3 is 4.74 Å². The number of methoxy groups -OCH3 is 1. The van der Waals surface area contributed by atoms with E-state index in [0.29, 0.717) is 11.4 Å². The van der Waals surface area contributed by atoms with E-state index in [4.69, 9.17) is 4.74 Å². The van der Waals surface area contributed by atoms with Gasteiger partial charge in [-0.25, -0.2) is 4.39 Å². The average Bonchev–Trinajstić information content (AvgIpc) is 2.67. The maximum Gasteiger partial charge on any atom is 0.213 e. The van der Waals surface area contributed by atoms with Gasteiger partial charge in [0.15, 0.2) is 0 Å². The summed E-state index contributed by atoms with van der Waals surface area (Å²) in [6.45, 7) is 1.78. The van der Waals surface area contributed by atoms with E-state index < -0.39 is 11.6 Å². The summed E-state index contributed by atoms with van der Waals surface area (Å²) in [5, 5.41) is 4.07. The summed E-state index contributed by atoms with van der Waals surface area (Å²) in [7, 11) is 3.10. The van der Waals surface area contributed by atoms with E-state index in [1.165, 1.54) is 23.9 Å². The Kier molecular flexibility index (Phi) is 3.14. The zero-order chi connectivity index (χ0) is 13.3. The van der Waals surface area contributed by atoms with E-state index in [0.717, 1.165) is 5.69 Å². The van der Waals surface area contributed by atoms with Gasteiger partial charge in [-0.3, -0.25) is 9.48 Å². The minimum Gasteiger partial charge on any atom is -0.497 e. The molecule has 94 valence electrons. The van der Waals surface area contributed by atoms with Crippen molar-refractivity contribution in [3.8, 4) is 5.75 Å². The summed E-state index contributed by atoms with van der Waals surface area (Å²) in [6.07, 6.45) is 0. The van der Waals surface area contributed by atoms with Gasteiger partial charge in [-0.2, -0.15) is 5.10 Å². The van der Waals surface area contributed by atoms with Crippen LogP contribution in [0, 0.1) is 12.7 Å². The molecule has 0 unspecified atom stereocenters. The number of ketones is 1. The Morgan fingerprint density at radius 2 is 2.11 bits per heavy atom. The van der Waals surface area contributed by atoms with Crippen molar-refractivity contribution in [2.24, 2.45) is 7.05 Å². The largest absolute Gasteiger partial charge is 0.497 e. The molecule has 2 aromatic rings. The Labute approximate surface area is 104 Å². The SMILES string of the molecule is COc1ccc(C(=O)c2cc(C)nn2C)c(F)c1. The molecule has 1 heterocycles. The van der Waals surface area contributed by atoms with Crippen LogP contribution in [0.25, 0.3) is 0 Å². The van der Waals surface area contributed by atoms with Gasteiger partial charge in [0.1, 0.15) is 17.3 Å². The van der Waals surface area contributed by atoms with Crippen molar-refractivity contribution in [1.29, 1.82) is 0 Å². The third-order valence-electron chi connectivity index (χ3n) is 2.66. The van der Waals surface area contributed by atoms with Crippen LogP contribution in [0.1, 0.15) is 21.7 Å². The second-order valence-corrected chi connectivity index (χ2v) is 3.97. The van der Waals surface area contributed by atoms with Crippen LogP contribution in [0.4, 0.5) is 4.39 Å². The second-order valence-electron chi connectivity index (χ2n) is 3.97. The van der Waals surface area contributed by atoms with Crippen molar-refractivity contribution in [2.45, 2.75) is 6.92 Å². The van der Waals surface area contributed by atoms with Gasteiger partial charge in [0.2, 0.25) is 5.78 Å². The van der Waals surface area contributed by atoms with E-state index in [1.807, 2.05) is 0 Å². The lowest BCUT2D eigenvalue weighted by Gasteiger charge is -2.05. The Bertz CT molecular complexity index is 605. The van der Waals surface area contributed by atoms with Crippen LogP contribution in [0.3, 0.4) is 0 Å². The number of ether oxygens (including phenoxy) is 1. The first-order chi connectivity index (χ1) is 8.52. The fourth-order valence-electron chi connectivity index (χ4n) is 1.77. The summed E-state index contributed by atoms with van der Waals surface area (Å²) >= 11 is 0. The Hall–Kier alpha value is -2.17. The topological polar surface area (TPSA) is 44.1 Å². The van der Waals surface area contributed by atoms with Gasteiger partial charge in [-0.05, 0) is 25.1 Å². The number of benzene rings is 1. The Morgan fingerprint density at radius 1 is 1.39 bits per heavy atom. The minimum atomic E-state index is -0.599. The Balaban J connectivity index is 2.43. The van der Waals surface area contributed by atoms with Crippen LogP contribution < -0.4 is 4.74 Å². The van der Waals surface area contributed by atoms with Gasteiger partial charge >= 0.3 is 0 Å². The molecule has 1 aromatic heterocycles. The molecule has 5 heteroatoms. The number of carbonyl (C=O) groups excluding carboxylic acids is 1. The molecule has 0 amide bonds. The number of aryl methyl sites for hydroxylation is 2. The molecule has 1 aromatic carbocycles. The smallest absolute Gasteiger partial charge is 0.213 e. The molecule has 0 fully saturated rings. The van der Waals surface area contributed by atoms with Crippen LogP contribution in [0.5, 0.6) is 5.75 Å². The van der Waals surface area contributed by atoms with Crippen LogP contribution >= 0.6 is 0 Å². The molecule has 4 nitrogen and oxygen atoms in total.